The molecule has 0 bridgehead atoms. The average molecular weight is 409 g/mol. The summed E-state index contributed by atoms with van der Waals surface area (Å²) >= 11 is 7.18. The molecule has 0 aromatic heterocycles. The van der Waals surface area contributed by atoms with Crippen LogP contribution < -0.4 is 15.4 Å². The highest BCUT2D eigenvalue weighted by molar-refractivity contribution is 7.98. The first-order valence-corrected chi connectivity index (χ1v) is 10.6. The molecule has 3 rings (SSSR count). The molecule has 3 aromatic rings. The van der Waals surface area contributed by atoms with Gasteiger partial charge in [0.1, 0.15) is 12.4 Å². The van der Waals surface area contributed by atoms with Crippen molar-refractivity contribution < 1.29 is 4.74 Å². The number of benzene rings is 3. The molecule has 5 heteroatoms. The van der Waals surface area contributed by atoms with Crippen LogP contribution in [0.3, 0.4) is 0 Å². The molecule has 0 aliphatic carbocycles. The van der Waals surface area contributed by atoms with Crippen LogP contribution >= 0.6 is 24.0 Å². The van der Waals surface area contributed by atoms with Gasteiger partial charge in [0.2, 0.25) is 0 Å². The lowest BCUT2D eigenvalue weighted by Gasteiger charge is -2.12. The summed E-state index contributed by atoms with van der Waals surface area (Å²) in [5.41, 5.74) is 3.48. The summed E-state index contributed by atoms with van der Waals surface area (Å²) in [5.74, 6) is 1.82. The van der Waals surface area contributed by atoms with E-state index in [1.807, 2.05) is 42.1 Å². The first-order chi connectivity index (χ1) is 13.7. The van der Waals surface area contributed by atoms with Gasteiger partial charge in [0.15, 0.2) is 5.11 Å². The summed E-state index contributed by atoms with van der Waals surface area (Å²) in [6.07, 6.45) is 0. The van der Waals surface area contributed by atoms with Crippen LogP contribution in [0.15, 0.2) is 83.8 Å². The quantitative estimate of drug-likeness (QED) is 0.286. The van der Waals surface area contributed by atoms with Gasteiger partial charge < -0.3 is 15.4 Å². The Morgan fingerprint density at radius 1 is 0.929 bits per heavy atom. The highest BCUT2D eigenvalue weighted by Crippen LogP contribution is 2.23. The van der Waals surface area contributed by atoms with Gasteiger partial charge in [-0.3, -0.25) is 0 Å². The van der Waals surface area contributed by atoms with Crippen molar-refractivity contribution in [3.63, 3.8) is 0 Å². The molecule has 0 aliphatic rings. The van der Waals surface area contributed by atoms with Crippen molar-refractivity contribution in [1.29, 1.82) is 0 Å². The molecular formula is C23H24N2OS2. The molecule has 3 aromatic carbocycles. The molecule has 0 heterocycles. The SMILES string of the molecule is Cc1ccc(OCCNC(=S)Nc2ccc(CSc3ccccc3)cc2)cc1. The summed E-state index contributed by atoms with van der Waals surface area (Å²) < 4.78 is 5.69. The van der Waals surface area contributed by atoms with Crippen LogP contribution in [0.1, 0.15) is 11.1 Å². The van der Waals surface area contributed by atoms with E-state index >= 15 is 0 Å². The van der Waals surface area contributed by atoms with Crippen LogP contribution in [0, 0.1) is 6.92 Å². The van der Waals surface area contributed by atoms with Gasteiger partial charge in [-0.25, -0.2) is 0 Å². The lowest BCUT2D eigenvalue weighted by atomic mass is 10.2. The summed E-state index contributed by atoms with van der Waals surface area (Å²) in [6, 6.07) is 26.8. The van der Waals surface area contributed by atoms with E-state index in [4.69, 9.17) is 17.0 Å². The minimum atomic E-state index is 0.556. The van der Waals surface area contributed by atoms with Crippen LogP contribution in [0.2, 0.25) is 0 Å². The maximum absolute atomic E-state index is 5.69. The summed E-state index contributed by atoms with van der Waals surface area (Å²) in [5, 5.41) is 6.97. The van der Waals surface area contributed by atoms with E-state index in [1.165, 1.54) is 16.0 Å². The molecule has 0 radical (unpaired) electrons. The fraction of sp³-hybridized carbons (Fsp3) is 0.174. The van der Waals surface area contributed by atoms with Crippen LogP contribution in [0.5, 0.6) is 5.75 Å². The Morgan fingerprint density at radius 2 is 1.64 bits per heavy atom. The smallest absolute Gasteiger partial charge is 0.170 e. The molecule has 0 fully saturated rings. The predicted octanol–water partition coefficient (Wildman–Crippen LogP) is 5.65. The number of aryl methyl sites for hydroxylation is 1. The molecule has 3 nitrogen and oxygen atoms in total. The molecule has 2 N–H and O–H groups in total. The third-order valence-electron chi connectivity index (χ3n) is 4.04. The highest BCUT2D eigenvalue weighted by atomic mass is 32.2. The van der Waals surface area contributed by atoms with Crippen molar-refractivity contribution in [3.8, 4) is 5.75 Å². The van der Waals surface area contributed by atoms with Crippen molar-refractivity contribution in [3.05, 3.63) is 90.0 Å². The normalized spacial score (nSPS) is 10.3. The Hall–Kier alpha value is -2.50. The zero-order valence-corrected chi connectivity index (χ0v) is 17.5. The first kappa shape index (κ1) is 20.2. The summed E-state index contributed by atoms with van der Waals surface area (Å²) in [4.78, 5) is 1.28. The molecule has 0 atom stereocenters. The lowest BCUT2D eigenvalue weighted by molar-refractivity contribution is 0.322. The predicted molar refractivity (Wildman–Crippen MR) is 123 cm³/mol. The van der Waals surface area contributed by atoms with E-state index < -0.39 is 0 Å². The van der Waals surface area contributed by atoms with Crippen molar-refractivity contribution in [2.75, 3.05) is 18.5 Å². The van der Waals surface area contributed by atoms with Gasteiger partial charge in [-0.2, -0.15) is 0 Å². The molecule has 0 unspecified atom stereocenters. The van der Waals surface area contributed by atoms with Gasteiger partial charge in [0, 0.05) is 16.3 Å². The van der Waals surface area contributed by atoms with Crippen LogP contribution in [0.4, 0.5) is 5.69 Å². The number of anilines is 1. The number of thiocarbonyl (C=S) groups is 1. The van der Waals surface area contributed by atoms with Crippen molar-refractivity contribution >= 4 is 34.8 Å². The Balaban J connectivity index is 1.36. The molecule has 0 saturated heterocycles. The Kier molecular flexibility index (Phi) is 7.76. The monoisotopic (exact) mass is 408 g/mol. The molecule has 0 amide bonds. The minimum absolute atomic E-state index is 0.556. The molecule has 144 valence electrons. The zero-order chi connectivity index (χ0) is 19.6. The van der Waals surface area contributed by atoms with Crippen molar-refractivity contribution in [2.45, 2.75) is 17.6 Å². The maximum Gasteiger partial charge on any atom is 0.170 e. The van der Waals surface area contributed by atoms with E-state index in [1.54, 1.807) is 0 Å². The minimum Gasteiger partial charge on any atom is -0.492 e. The first-order valence-electron chi connectivity index (χ1n) is 9.20. The molecule has 0 spiro atoms. The van der Waals surface area contributed by atoms with Gasteiger partial charge in [0.25, 0.3) is 0 Å². The zero-order valence-electron chi connectivity index (χ0n) is 15.9. The third kappa shape index (κ3) is 6.91. The van der Waals surface area contributed by atoms with Crippen LogP contribution in [-0.2, 0) is 5.75 Å². The second-order valence-corrected chi connectivity index (χ2v) is 7.80. The topological polar surface area (TPSA) is 33.3 Å². The second kappa shape index (κ2) is 10.7. The van der Waals surface area contributed by atoms with Gasteiger partial charge in [-0.1, -0.05) is 48.0 Å². The molecular weight excluding hydrogens is 384 g/mol. The molecule has 0 saturated carbocycles. The van der Waals surface area contributed by atoms with Gasteiger partial charge in [-0.05, 0) is 61.1 Å². The standard InChI is InChI=1S/C23H24N2OS2/c1-18-7-13-21(14-8-18)26-16-15-24-23(27)25-20-11-9-19(10-12-20)17-28-22-5-3-2-4-6-22/h2-14H,15-17H2,1H3,(H2,24,25,27). The second-order valence-electron chi connectivity index (χ2n) is 6.34. The van der Waals surface area contributed by atoms with Gasteiger partial charge >= 0.3 is 0 Å². The third-order valence-corrected chi connectivity index (χ3v) is 5.37. The van der Waals surface area contributed by atoms with Crippen molar-refractivity contribution in [2.24, 2.45) is 0 Å². The fourth-order valence-corrected chi connectivity index (χ4v) is 3.61. The van der Waals surface area contributed by atoms with E-state index in [0.29, 0.717) is 18.3 Å². The largest absolute Gasteiger partial charge is 0.492 e. The van der Waals surface area contributed by atoms with E-state index in [0.717, 1.165) is 17.2 Å². The number of nitrogens with one attached hydrogen (secondary N) is 2. The summed E-state index contributed by atoms with van der Waals surface area (Å²) in [7, 11) is 0. The average Bonchev–Trinajstić information content (AvgIpc) is 2.73. The van der Waals surface area contributed by atoms with Gasteiger partial charge in [0.05, 0.1) is 6.54 Å². The van der Waals surface area contributed by atoms with E-state index in [-0.39, 0.29) is 0 Å². The van der Waals surface area contributed by atoms with Crippen LogP contribution in [-0.4, -0.2) is 18.3 Å². The lowest BCUT2D eigenvalue weighted by Crippen LogP contribution is -2.31. The number of hydrogen-bond acceptors (Lipinski definition) is 3. The number of hydrogen-bond donors (Lipinski definition) is 2. The Morgan fingerprint density at radius 3 is 2.36 bits per heavy atom. The van der Waals surface area contributed by atoms with Gasteiger partial charge in [-0.15, -0.1) is 11.8 Å². The number of rotatable bonds is 8. The van der Waals surface area contributed by atoms with Crippen LogP contribution in [0.25, 0.3) is 0 Å². The molecule has 28 heavy (non-hydrogen) atoms. The fourth-order valence-electron chi connectivity index (χ4n) is 2.51. The van der Waals surface area contributed by atoms with E-state index in [2.05, 4.69) is 66.1 Å². The number of thioether (sulfide) groups is 1. The highest BCUT2D eigenvalue weighted by Gasteiger charge is 2.00. The van der Waals surface area contributed by atoms with Crippen molar-refractivity contribution in [1.82, 2.24) is 5.32 Å². The van der Waals surface area contributed by atoms with E-state index in [9.17, 15) is 0 Å². The Bertz CT molecular complexity index is 865. The maximum atomic E-state index is 5.69. The molecule has 0 aliphatic heterocycles. The number of ether oxygens (including phenoxy) is 1. The Labute approximate surface area is 176 Å². The summed E-state index contributed by atoms with van der Waals surface area (Å²) in [6.45, 7) is 3.26.